The molecule has 104 valence electrons. The number of anilines is 1. The van der Waals surface area contributed by atoms with Gasteiger partial charge >= 0.3 is 0 Å². The molecule has 0 fully saturated rings. The van der Waals surface area contributed by atoms with E-state index in [0.717, 1.165) is 15.1 Å². The van der Waals surface area contributed by atoms with Crippen LogP contribution in [0.5, 0.6) is 0 Å². The zero-order valence-corrected chi connectivity index (χ0v) is 12.0. The van der Waals surface area contributed by atoms with Crippen molar-refractivity contribution in [1.82, 2.24) is 0 Å². The summed E-state index contributed by atoms with van der Waals surface area (Å²) in [5, 5.41) is 13.5. The minimum absolute atomic E-state index is 0.000335. The Morgan fingerprint density at radius 3 is 2.76 bits per heavy atom. The first-order valence-corrected chi connectivity index (χ1v) is 7.39. The van der Waals surface area contributed by atoms with Crippen LogP contribution in [-0.2, 0) is 0 Å². The van der Waals surface area contributed by atoms with Gasteiger partial charge in [-0.05, 0) is 36.4 Å². The molecule has 0 aliphatic carbocycles. The van der Waals surface area contributed by atoms with Gasteiger partial charge in [-0.3, -0.25) is 4.79 Å². The molecule has 0 aliphatic rings. The summed E-state index contributed by atoms with van der Waals surface area (Å²) in [6.45, 7) is 1.21. The SMILES string of the molecule is N#Cc1ccc2c(=O)c3cc(NCCN)ccc3sc2c1. The van der Waals surface area contributed by atoms with Crippen LogP contribution < -0.4 is 16.5 Å². The molecule has 3 aromatic rings. The molecular weight excluding hydrogens is 282 g/mol. The summed E-state index contributed by atoms with van der Waals surface area (Å²) in [5.74, 6) is 0. The Morgan fingerprint density at radius 2 is 2.00 bits per heavy atom. The van der Waals surface area contributed by atoms with E-state index >= 15 is 0 Å². The smallest absolute Gasteiger partial charge is 0.195 e. The lowest BCUT2D eigenvalue weighted by Gasteiger charge is -2.06. The topological polar surface area (TPSA) is 78.9 Å². The molecule has 0 atom stereocenters. The molecule has 0 spiro atoms. The van der Waals surface area contributed by atoms with Crippen molar-refractivity contribution in [3.05, 3.63) is 52.2 Å². The fraction of sp³-hybridized carbons (Fsp3) is 0.125. The van der Waals surface area contributed by atoms with Gasteiger partial charge in [0.05, 0.1) is 11.6 Å². The minimum Gasteiger partial charge on any atom is -0.384 e. The number of fused-ring (bicyclic) bond motifs is 2. The highest BCUT2D eigenvalue weighted by Crippen LogP contribution is 2.27. The summed E-state index contributed by atoms with van der Waals surface area (Å²) in [6, 6.07) is 13.0. The zero-order chi connectivity index (χ0) is 14.8. The Balaban J connectivity index is 2.24. The van der Waals surface area contributed by atoms with Crippen LogP contribution in [0, 0.1) is 11.3 Å². The molecule has 21 heavy (non-hydrogen) atoms. The maximum absolute atomic E-state index is 12.6. The summed E-state index contributed by atoms with van der Waals surface area (Å²) in [4.78, 5) is 12.6. The van der Waals surface area contributed by atoms with Crippen molar-refractivity contribution in [1.29, 1.82) is 5.26 Å². The van der Waals surface area contributed by atoms with Gasteiger partial charge in [-0.25, -0.2) is 0 Å². The predicted molar refractivity (Wildman–Crippen MR) is 87.9 cm³/mol. The van der Waals surface area contributed by atoms with Crippen molar-refractivity contribution in [2.45, 2.75) is 0 Å². The number of nitriles is 1. The van der Waals surface area contributed by atoms with Gasteiger partial charge in [0.1, 0.15) is 0 Å². The predicted octanol–water partition coefficient (Wildman–Crippen LogP) is 2.66. The summed E-state index contributed by atoms with van der Waals surface area (Å²) >= 11 is 1.52. The van der Waals surface area contributed by atoms with Crippen molar-refractivity contribution in [3.8, 4) is 6.07 Å². The fourth-order valence-electron chi connectivity index (χ4n) is 2.25. The standard InChI is InChI=1S/C16H13N3OS/c17-5-6-19-11-2-4-14-13(8-11)16(20)12-3-1-10(9-18)7-15(12)21-14/h1-4,7-8,19H,5-6,17H2. The Labute approximate surface area is 125 Å². The Morgan fingerprint density at radius 1 is 1.14 bits per heavy atom. The van der Waals surface area contributed by atoms with Gasteiger partial charge in [0.2, 0.25) is 0 Å². The first-order chi connectivity index (χ1) is 10.2. The van der Waals surface area contributed by atoms with E-state index in [1.807, 2.05) is 18.2 Å². The largest absolute Gasteiger partial charge is 0.384 e. The Kier molecular flexibility index (Phi) is 3.57. The number of nitrogens with zero attached hydrogens (tertiary/aromatic N) is 1. The molecule has 0 amide bonds. The highest BCUT2D eigenvalue weighted by atomic mass is 32.1. The van der Waals surface area contributed by atoms with Crippen molar-refractivity contribution in [2.75, 3.05) is 18.4 Å². The molecule has 2 aromatic carbocycles. The highest BCUT2D eigenvalue weighted by molar-refractivity contribution is 7.24. The van der Waals surface area contributed by atoms with E-state index in [0.29, 0.717) is 29.4 Å². The van der Waals surface area contributed by atoms with E-state index < -0.39 is 0 Å². The van der Waals surface area contributed by atoms with E-state index in [1.165, 1.54) is 11.3 Å². The first-order valence-electron chi connectivity index (χ1n) is 6.57. The molecule has 5 heteroatoms. The molecule has 0 unspecified atom stereocenters. The molecule has 0 saturated carbocycles. The number of rotatable bonds is 3. The van der Waals surface area contributed by atoms with Crippen LogP contribution in [0.3, 0.4) is 0 Å². The number of nitrogens with one attached hydrogen (secondary N) is 1. The first kappa shape index (κ1) is 13.6. The third kappa shape index (κ3) is 2.47. The van der Waals surface area contributed by atoms with Crippen LogP contribution in [0.15, 0.2) is 41.2 Å². The second-order valence-corrected chi connectivity index (χ2v) is 5.76. The van der Waals surface area contributed by atoms with Crippen LogP contribution in [-0.4, -0.2) is 13.1 Å². The maximum Gasteiger partial charge on any atom is 0.195 e. The van der Waals surface area contributed by atoms with Crippen LogP contribution in [0.2, 0.25) is 0 Å². The quantitative estimate of drug-likeness (QED) is 0.728. The van der Waals surface area contributed by atoms with E-state index in [1.54, 1.807) is 18.2 Å². The average Bonchev–Trinajstić information content (AvgIpc) is 2.53. The van der Waals surface area contributed by atoms with Crippen LogP contribution in [0.1, 0.15) is 5.56 Å². The lowest BCUT2D eigenvalue weighted by atomic mass is 10.1. The summed E-state index contributed by atoms with van der Waals surface area (Å²) in [6.07, 6.45) is 0. The third-order valence-corrected chi connectivity index (χ3v) is 4.41. The summed E-state index contributed by atoms with van der Waals surface area (Å²) < 4.78 is 1.76. The summed E-state index contributed by atoms with van der Waals surface area (Å²) in [7, 11) is 0. The lowest BCUT2D eigenvalue weighted by Crippen LogP contribution is -2.13. The second-order valence-electron chi connectivity index (χ2n) is 4.68. The molecule has 0 radical (unpaired) electrons. The summed E-state index contributed by atoms with van der Waals surface area (Å²) in [5.41, 5.74) is 6.93. The normalized spacial score (nSPS) is 10.7. The number of nitrogens with two attached hydrogens (primary N) is 1. The van der Waals surface area contributed by atoms with E-state index in [9.17, 15) is 4.79 Å². The fourth-order valence-corrected chi connectivity index (χ4v) is 3.34. The molecule has 3 rings (SSSR count). The molecule has 0 bridgehead atoms. The van der Waals surface area contributed by atoms with Gasteiger partial charge in [-0.15, -0.1) is 11.3 Å². The van der Waals surface area contributed by atoms with E-state index in [-0.39, 0.29) is 5.43 Å². The maximum atomic E-state index is 12.6. The molecule has 1 heterocycles. The molecule has 0 saturated heterocycles. The van der Waals surface area contributed by atoms with Gasteiger partial charge in [0, 0.05) is 38.9 Å². The number of hydrogen-bond acceptors (Lipinski definition) is 5. The Hall–Kier alpha value is -2.42. The monoisotopic (exact) mass is 295 g/mol. The van der Waals surface area contributed by atoms with Crippen molar-refractivity contribution < 1.29 is 0 Å². The second kappa shape index (κ2) is 5.52. The molecule has 3 N–H and O–H groups in total. The average molecular weight is 295 g/mol. The molecule has 4 nitrogen and oxygen atoms in total. The van der Waals surface area contributed by atoms with Crippen LogP contribution in [0.4, 0.5) is 5.69 Å². The molecular formula is C16H13N3OS. The van der Waals surface area contributed by atoms with E-state index in [2.05, 4.69) is 11.4 Å². The number of hydrogen-bond donors (Lipinski definition) is 2. The molecule has 1 aromatic heterocycles. The Bertz CT molecular complexity index is 924. The highest BCUT2D eigenvalue weighted by Gasteiger charge is 2.07. The van der Waals surface area contributed by atoms with Gasteiger partial charge in [-0.1, -0.05) is 0 Å². The van der Waals surface area contributed by atoms with Crippen molar-refractivity contribution in [3.63, 3.8) is 0 Å². The van der Waals surface area contributed by atoms with E-state index in [4.69, 9.17) is 11.0 Å². The minimum atomic E-state index is -0.000335. The van der Waals surface area contributed by atoms with Crippen molar-refractivity contribution in [2.24, 2.45) is 5.73 Å². The van der Waals surface area contributed by atoms with Crippen molar-refractivity contribution >= 4 is 37.2 Å². The van der Waals surface area contributed by atoms with Gasteiger partial charge in [0.15, 0.2) is 5.43 Å². The van der Waals surface area contributed by atoms with Gasteiger partial charge in [-0.2, -0.15) is 5.26 Å². The third-order valence-electron chi connectivity index (χ3n) is 3.27. The number of benzene rings is 2. The lowest BCUT2D eigenvalue weighted by molar-refractivity contribution is 1.02. The van der Waals surface area contributed by atoms with Crippen LogP contribution in [0.25, 0.3) is 20.2 Å². The van der Waals surface area contributed by atoms with Crippen LogP contribution >= 0.6 is 11.3 Å². The molecule has 0 aliphatic heterocycles. The zero-order valence-electron chi connectivity index (χ0n) is 11.2. The van der Waals surface area contributed by atoms with Gasteiger partial charge in [0.25, 0.3) is 0 Å². The van der Waals surface area contributed by atoms with Gasteiger partial charge < -0.3 is 11.1 Å².